The Balaban J connectivity index is 2.19. The van der Waals surface area contributed by atoms with E-state index in [1.807, 2.05) is 55.5 Å². The van der Waals surface area contributed by atoms with E-state index in [2.05, 4.69) is 31.4 Å². The molecule has 0 amide bonds. The first-order chi connectivity index (χ1) is 11.3. The van der Waals surface area contributed by atoms with E-state index in [4.69, 9.17) is 12.2 Å². The fourth-order valence-electron chi connectivity index (χ4n) is 2.36. The van der Waals surface area contributed by atoms with Crippen molar-refractivity contribution in [2.24, 2.45) is 0 Å². The molecule has 0 aromatic heterocycles. The maximum atomic E-state index is 12.7. The highest BCUT2D eigenvalue weighted by Crippen LogP contribution is 2.23. The standard InChI is InChI=1S/C20H24N2OS/c1-5-21-19(24)22-17-8-6-7-15(13-17)18(23)14-9-11-16(12-10-14)20(2,3)4/h6-13H,5H2,1-4H3,(H2,21,22,24). The quantitative estimate of drug-likeness (QED) is 0.634. The number of hydrogen-bond acceptors (Lipinski definition) is 2. The van der Waals surface area contributed by atoms with Gasteiger partial charge in [0.05, 0.1) is 0 Å². The van der Waals surface area contributed by atoms with Crippen molar-refractivity contribution in [1.82, 2.24) is 5.32 Å². The van der Waals surface area contributed by atoms with E-state index in [0.717, 1.165) is 12.2 Å². The van der Waals surface area contributed by atoms with Crippen molar-refractivity contribution in [1.29, 1.82) is 0 Å². The van der Waals surface area contributed by atoms with Crippen LogP contribution in [0, 0.1) is 0 Å². The van der Waals surface area contributed by atoms with Crippen LogP contribution in [0.5, 0.6) is 0 Å². The van der Waals surface area contributed by atoms with E-state index in [-0.39, 0.29) is 11.2 Å². The first-order valence-electron chi connectivity index (χ1n) is 8.11. The molecule has 0 unspecified atom stereocenters. The maximum Gasteiger partial charge on any atom is 0.193 e. The van der Waals surface area contributed by atoms with Crippen LogP contribution in [0.3, 0.4) is 0 Å². The summed E-state index contributed by atoms with van der Waals surface area (Å²) in [6.07, 6.45) is 0. The minimum absolute atomic E-state index is 0.00785. The van der Waals surface area contributed by atoms with Gasteiger partial charge >= 0.3 is 0 Å². The Labute approximate surface area is 149 Å². The molecule has 0 radical (unpaired) electrons. The second-order valence-electron chi connectivity index (χ2n) is 6.72. The average molecular weight is 340 g/mol. The number of thiocarbonyl (C=S) groups is 1. The Kier molecular flexibility index (Phi) is 5.73. The van der Waals surface area contributed by atoms with Gasteiger partial charge in [-0.25, -0.2) is 0 Å². The van der Waals surface area contributed by atoms with Crippen LogP contribution in [0.15, 0.2) is 48.5 Å². The number of ketones is 1. The van der Waals surface area contributed by atoms with Gasteiger partial charge in [-0.05, 0) is 42.3 Å². The highest BCUT2D eigenvalue weighted by Gasteiger charge is 2.15. The van der Waals surface area contributed by atoms with Gasteiger partial charge in [0, 0.05) is 23.4 Å². The average Bonchev–Trinajstić information content (AvgIpc) is 2.54. The first kappa shape index (κ1) is 18.1. The van der Waals surface area contributed by atoms with Gasteiger partial charge in [-0.3, -0.25) is 4.79 Å². The molecule has 0 aliphatic rings. The van der Waals surface area contributed by atoms with Crippen LogP contribution in [-0.4, -0.2) is 17.4 Å². The lowest BCUT2D eigenvalue weighted by Gasteiger charge is -2.19. The molecule has 0 heterocycles. The minimum atomic E-state index is 0.00785. The largest absolute Gasteiger partial charge is 0.363 e. The number of benzene rings is 2. The molecule has 0 atom stereocenters. The number of nitrogens with one attached hydrogen (secondary N) is 2. The summed E-state index contributed by atoms with van der Waals surface area (Å²) in [5.41, 5.74) is 3.42. The molecule has 3 nitrogen and oxygen atoms in total. The van der Waals surface area contributed by atoms with Crippen molar-refractivity contribution < 1.29 is 4.79 Å². The van der Waals surface area contributed by atoms with Crippen LogP contribution in [-0.2, 0) is 5.41 Å². The Morgan fingerprint density at radius 3 is 2.29 bits per heavy atom. The molecule has 2 aromatic carbocycles. The van der Waals surface area contributed by atoms with Crippen molar-refractivity contribution in [3.8, 4) is 0 Å². The number of anilines is 1. The number of carbonyl (C=O) groups excluding carboxylic acids is 1. The number of rotatable bonds is 4. The van der Waals surface area contributed by atoms with Crippen molar-refractivity contribution in [3.63, 3.8) is 0 Å². The molecule has 2 aromatic rings. The molecule has 0 saturated carbocycles. The van der Waals surface area contributed by atoms with E-state index >= 15 is 0 Å². The normalized spacial score (nSPS) is 11.0. The molecule has 4 heteroatoms. The zero-order valence-electron chi connectivity index (χ0n) is 14.6. The molecule has 2 rings (SSSR count). The zero-order chi connectivity index (χ0) is 17.7. The molecular weight excluding hydrogens is 316 g/mol. The molecule has 0 saturated heterocycles. The summed E-state index contributed by atoms with van der Waals surface area (Å²) in [5, 5.41) is 6.67. The SMILES string of the molecule is CCNC(=S)Nc1cccc(C(=O)c2ccc(C(C)(C)C)cc2)c1. The summed E-state index contributed by atoms with van der Waals surface area (Å²) in [6, 6.07) is 15.2. The molecule has 0 spiro atoms. The summed E-state index contributed by atoms with van der Waals surface area (Å²) in [4.78, 5) is 12.7. The van der Waals surface area contributed by atoms with E-state index in [0.29, 0.717) is 16.2 Å². The Morgan fingerprint density at radius 1 is 1.04 bits per heavy atom. The predicted octanol–water partition coefficient (Wildman–Crippen LogP) is 4.52. The van der Waals surface area contributed by atoms with Crippen LogP contribution in [0.1, 0.15) is 49.2 Å². The van der Waals surface area contributed by atoms with E-state index < -0.39 is 0 Å². The van der Waals surface area contributed by atoms with Crippen molar-refractivity contribution in [3.05, 3.63) is 65.2 Å². The molecule has 0 aliphatic carbocycles. The summed E-state index contributed by atoms with van der Waals surface area (Å²) >= 11 is 5.18. The second kappa shape index (κ2) is 7.58. The van der Waals surface area contributed by atoms with Crippen molar-refractivity contribution in [2.75, 3.05) is 11.9 Å². The predicted molar refractivity (Wildman–Crippen MR) is 105 cm³/mol. The van der Waals surface area contributed by atoms with Crippen LogP contribution >= 0.6 is 12.2 Å². The minimum Gasteiger partial charge on any atom is -0.363 e. The van der Waals surface area contributed by atoms with Crippen LogP contribution in [0.4, 0.5) is 5.69 Å². The molecule has 2 N–H and O–H groups in total. The van der Waals surface area contributed by atoms with Crippen LogP contribution in [0.2, 0.25) is 0 Å². The highest BCUT2D eigenvalue weighted by atomic mass is 32.1. The van der Waals surface area contributed by atoms with Gasteiger partial charge in [-0.2, -0.15) is 0 Å². The number of hydrogen-bond donors (Lipinski definition) is 2. The summed E-state index contributed by atoms with van der Waals surface area (Å²) in [5.74, 6) is 0.00785. The van der Waals surface area contributed by atoms with Gasteiger partial charge in [-0.15, -0.1) is 0 Å². The van der Waals surface area contributed by atoms with Gasteiger partial charge in [0.15, 0.2) is 10.9 Å². The summed E-state index contributed by atoms with van der Waals surface area (Å²) < 4.78 is 0. The van der Waals surface area contributed by atoms with Gasteiger partial charge < -0.3 is 10.6 Å². The van der Waals surface area contributed by atoms with Crippen molar-refractivity contribution in [2.45, 2.75) is 33.1 Å². The molecule has 126 valence electrons. The Hall–Kier alpha value is -2.20. The second-order valence-corrected chi connectivity index (χ2v) is 7.13. The zero-order valence-corrected chi connectivity index (χ0v) is 15.5. The third-order valence-electron chi connectivity index (χ3n) is 3.73. The smallest absolute Gasteiger partial charge is 0.193 e. The van der Waals surface area contributed by atoms with Crippen LogP contribution in [0.25, 0.3) is 0 Å². The Bertz CT molecular complexity index is 730. The summed E-state index contributed by atoms with van der Waals surface area (Å²) in [7, 11) is 0. The summed E-state index contributed by atoms with van der Waals surface area (Å²) in [6.45, 7) is 9.21. The Morgan fingerprint density at radius 2 is 1.71 bits per heavy atom. The first-order valence-corrected chi connectivity index (χ1v) is 8.52. The third-order valence-corrected chi connectivity index (χ3v) is 3.98. The lowest BCUT2D eigenvalue weighted by molar-refractivity contribution is 0.103. The molecular formula is C20H24N2OS. The van der Waals surface area contributed by atoms with E-state index in [9.17, 15) is 4.79 Å². The van der Waals surface area contributed by atoms with Gasteiger partial charge in [0.2, 0.25) is 0 Å². The molecule has 0 fully saturated rings. The maximum absolute atomic E-state index is 12.7. The lowest BCUT2D eigenvalue weighted by Crippen LogP contribution is -2.27. The van der Waals surface area contributed by atoms with Crippen molar-refractivity contribution >= 4 is 28.8 Å². The molecule has 24 heavy (non-hydrogen) atoms. The topological polar surface area (TPSA) is 41.1 Å². The fourth-order valence-corrected chi connectivity index (χ4v) is 2.62. The van der Waals surface area contributed by atoms with Crippen LogP contribution < -0.4 is 10.6 Å². The lowest BCUT2D eigenvalue weighted by atomic mass is 9.86. The van der Waals surface area contributed by atoms with E-state index in [1.165, 1.54) is 5.56 Å². The van der Waals surface area contributed by atoms with E-state index in [1.54, 1.807) is 0 Å². The monoisotopic (exact) mass is 340 g/mol. The third kappa shape index (κ3) is 4.65. The van der Waals surface area contributed by atoms with Gasteiger partial charge in [0.25, 0.3) is 0 Å². The highest BCUT2D eigenvalue weighted by molar-refractivity contribution is 7.80. The number of carbonyl (C=O) groups is 1. The molecule has 0 bridgehead atoms. The molecule has 0 aliphatic heterocycles. The van der Waals surface area contributed by atoms with Gasteiger partial charge in [-0.1, -0.05) is 57.2 Å². The fraction of sp³-hybridized carbons (Fsp3) is 0.300. The van der Waals surface area contributed by atoms with Gasteiger partial charge in [0.1, 0.15) is 0 Å².